The van der Waals surface area contributed by atoms with Gasteiger partial charge in [0.25, 0.3) is 0 Å². The maximum atomic E-state index is 2.53. The molecule has 2 fully saturated rings. The predicted molar refractivity (Wildman–Crippen MR) is 91.3 cm³/mol. The zero-order valence-electron chi connectivity index (χ0n) is 15.6. The van der Waals surface area contributed by atoms with Crippen LogP contribution >= 0.6 is 0 Å². The minimum absolute atomic E-state index is 0. The average molecular weight is 344 g/mol. The Morgan fingerprint density at radius 1 is 0.667 bits per heavy atom. The minimum atomic E-state index is 0. The monoisotopic (exact) mass is 342 g/mol. The molecule has 120 valence electrons. The van der Waals surface area contributed by atoms with Crippen molar-refractivity contribution in [2.45, 2.75) is 80.1 Å². The van der Waals surface area contributed by atoms with Crippen LogP contribution in [0.3, 0.4) is 0 Å². The molecule has 0 heterocycles. The van der Waals surface area contributed by atoms with E-state index in [4.69, 9.17) is 0 Å². The molecular weight excluding hydrogens is 306 g/mol. The summed E-state index contributed by atoms with van der Waals surface area (Å²) in [7, 11) is 0. The van der Waals surface area contributed by atoms with Gasteiger partial charge < -0.3 is 12.8 Å². The number of hydrogen-bond acceptors (Lipinski definition) is 0. The van der Waals surface area contributed by atoms with E-state index in [2.05, 4.69) is 54.4 Å². The first-order chi connectivity index (χ1) is 9.40. The van der Waals surface area contributed by atoms with Gasteiger partial charge in [0.2, 0.25) is 0 Å². The summed E-state index contributed by atoms with van der Waals surface area (Å²) in [6.45, 7) is 14.0. The van der Waals surface area contributed by atoms with Crippen LogP contribution in [0.5, 0.6) is 0 Å². The molecule has 4 atom stereocenters. The zero-order valence-corrected chi connectivity index (χ0v) is 18.5. The summed E-state index contributed by atoms with van der Waals surface area (Å²) in [6.07, 6.45) is 13.5. The third-order valence-corrected chi connectivity index (χ3v) is 5.38. The van der Waals surface area contributed by atoms with E-state index >= 15 is 0 Å². The van der Waals surface area contributed by atoms with Gasteiger partial charge in [-0.1, -0.05) is 90.9 Å². The van der Waals surface area contributed by atoms with Gasteiger partial charge in [0, 0.05) is 0 Å². The average Bonchev–Trinajstić information content (AvgIpc) is 2.40. The third kappa shape index (κ3) is 8.73. The SMILES string of the molecule is CC(C)[C@@H]1[CH-]C[C@@H](C)CC1.CC(C)[C@@H]1[CH-]C[C@@H](C)CC1.[Zn+2]. The molecule has 0 spiro atoms. The van der Waals surface area contributed by atoms with Crippen molar-refractivity contribution in [3.63, 3.8) is 0 Å². The van der Waals surface area contributed by atoms with Crippen molar-refractivity contribution in [1.29, 1.82) is 0 Å². The summed E-state index contributed by atoms with van der Waals surface area (Å²) in [5.74, 6) is 5.47. The van der Waals surface area contributed by atoms with Gasteiger partial charge in [-0.25, -0.2) is 0 Å². The largest absolute Gasteiger partial charge is 2.00 e. The van der Waals surface area contributed by atoms with Crippen LogP contribution in [0.4, 0.5) is 0 Å². The Bertz CT molecular complexity index is 204. The van der Waals surface area contributed by atoms with E-state index in [-0.39, 0.29) is 19.5 Å². The minimum Gasteiger partial charge on any atom is -0.325 e. The number of rotatable bonds is 2. The molecule has 0 nitrogen and oxygen atoms in total. The maximum Gasteiger partial charge on any atom is 2.00 e. The van der Waals surface area contributed by atoms with Gasteiger partial charge in [-0.15, -0.1) is 0 Å². The summed E-state index contributed by atoms with van der Waals surface area (Å²) >= 11 is 0. The normalized spacial score (nSPS) is 33.1. The van der Waals surface area contributed by atoms with Crippen LogP contribution in [0.15, 0.2) is 0 Å². The molecule has 2 rings (SSSR count). The molecule has 2 saturated carbocycles. The molecule has 0 aromatic carbocycles. The van der Waals surface area contributed by atoms with E-state index < -0.39 is 0 Å². The predicted octanol–water partition coefficient (Wildman–Crippen LogP) is 6.56. The molecule has 0 saturated heterocycles. The first kappa shape index (κ1) is 21.6. The van der Waals surface area contributed by atoms with Crippen molar-refractivity contribution < 1.29 is 19.5 Å². The second-order valence-corrected chi connectivity index (χ2v) is 8.12. The molecule has 2 aliphatic rings. The van der Waals surface area contributed by atoms with Gasteiger partial charge in [-0.2, -0.15) is 24.7 Å². The second-order valence-electron chi connectivity index (χ2n) is 8.12. The topological polar surface area (TPSA) is 0 Å². The maximum absolute atomic E-state index is 2.53. The molecule has 0 unspecified atom stereocenters. The summed E-state index contributed by atoms with van der Waals surface area (Å²) in [5.41, 5.74) is 0. The smallest absolute Gasteiger partial charge is 0.325 e. The van der Waals surface area contributed by atoms with Gasteiger partial charge in [-0.05, 0) is 0 Å². The van der Waals surface area contributed by atoms with Crippen LogP contribution in [0.2, 0.25) is 0 Å². The zero-order chi connectivity index (χ0) is 15.1. The fraction of sp³-hybridized carbons (Fsp3) is 0.900. The molecule has 0 bridgehead atoms. The van der Waals surface area contributed by atoms with Crippen molar-refractivity contribution >= 4 is 0 Å². The van der Waals surface area contributed by atoms with Crippen LogP contribution in [-0.4, -0.2) is 0 Å². The van der Waals surface area contributed by atoms with Gasteiger partial charge in [-0.3, -0.25) is 0 Å². The van der Waals surface area contributed by atoms with Gasteiger partial charge in [0.15, 0.2) is 0 Å². The molecule has 0 N–H and O–H groups in total. The second kappa shape index (κ2) is 11.2. The van der Waals surface area contributed by atoms with E-state index in [0.29, 0.717) is 0 Å². The van der Waals surface area contributed by atoms with Crippen molar-refractivity contribution in [2.24, 2.45) is 35.5 Å². The fourth-order valence-corrected chi connectivity index (χ4v) is 3.45. The molecule has 0 aliphatic heterocycles. The molecule has 21 heavy (non-hydrogen) atoms. The van der Waals surface area contributed by atoms with Crippen LogP contribution < -0.4 is 0 Å². The quantitative estimate of drug-likeness (QED) is 0.393. The van der Waals surface area contributed by atoms with Crippen LogP contribution in [0.1, 0.15) is 80.1 Å². The summed E-state index contributed by atoms with van der Waals surface area (Å²) in [5, 5.41) is 0. The van der Waals surface area contributed by atoms with E-state index in [1.807, 2.05) is 0 Å². The molecule has 0 amide bonds. The van der Waals surface area contributed by atoms with E-state index in [1.54, 1.807) is 0 Å². The first-order valence-corrected chi connectivity index (χ1v) is 9.06. The summed E-state index contributed by atoms with van der Waals surface area (Å²) in [6, 6.07) is 0. The van der Waals surface area contributed by atoms with Crippen molar-refractivity contribution in [2.75, 3.05) is 0 Å². The Morgan fingerprint density at radius 2 is 1.00 bits per heavy atom. The Balaban J connectivity index is 0.000000364. The molecule has 1 heteroatoms. The third-order valence-electron chi connectivity index (χ3n) is 5.38. The van der Waals surface area contributed by atoms with Crippen molar-refractivity contribution in [3.05, 3.63) is 12.8 Å². The molecule has 0 aromatic heterocycles. The summed E-state index contributed by atoms with van der Waals surface area (Å²) in [4.78, 5) is 0. The van der Waals surface area contributed by atoms with Crippen LogP contribution in [-0.2, 0) is 19.5 Å². The van der Waals surface area contributed by atoms with Crippen LogP contribution in [0, 0.1) is 48.3 Å². The van der Waals surface area contributed by atoms with Crippen molar-refractivity contribution in [3.8, 4) is 0 Å². The Hall–Kier alpha value is 0.623. The number of hydrogen-bond donors (Lipinski definition) is 0. The van der Waals surface area contributed by atoms with Gasteiger partial charge >= 0.3 is 19.5 Å². The Kier molecular flexibility index (Phi) is 11.5. The van der Waals surface area contributed by atoms with E-state index in [9.17, 15) is 0 Å². The summed E-state index contributed by atoms with van der Waals surface area (Å²) < 4.78 is 0. The van der Waals surface area contributed by atoms with E-state index in [1.165, 1.54) is 38.5 Å². The van der Waals surface area contributed by atoms with Gasteiger partial charge in [0.1, 0.15) is 0 Å². The standard InChI is InChI=1S/2C10H19.Zn/c2*1-8(2)10-6-4-9(3)5-7-10;/h2*6,8-10H,4-5,7H2,1-3H3;/q2*-1;+2/t2*9-,10-;/m11./s1. The first-order valence-electron chi connectivity index (χ1n) is 9.06. The molecular formula is C20H38Zn. The van der Waals surface area contributed by atoms with Crippen molar-refractivity contribution in [1.82, 2.24) is 0 Å². The molecule has 0 aromatic rings. The molecule has 2 aliphatic carbocycles. The Morgan fingerprint density at radius 3 is 1.19 bits per heavy atom. The Labute approximate surface area is 148 Å². The van der Waals surface area contributed by atoms with Gasteiger partial charge in [0.05, 0.1) is 0 Å². The van der Waals surface area contributed by atoms with E-state index in [0.717, 1.165) is 35.5 Å². The molecule has 0 radical (unpaired) electrons. The van der Waals surface area contributed by atoms with Crippen LogP contribution in [0.25, 0.3) is 0 Å². The fourth-order valence-electron chi connectivity index (χ4n) is 3.45.